The lowest BCUT2D eigenvalue weighted by molar-refractivity contribution is 0.107. The van der Waals surface area contributed by atoms with Crippen molar-refractivity contribution in [3.8, 4) is 6.07 Å². The molecule has 1 heterocycles. The largest absolute Gasteiger partial charge is 0.299 e. The molecule has 0 aromatic carbocycles. The van der Waals surface area contributed by atoms with Crippen LogP contribution in [0.5, 0.6) is 0 Å². The number of nitriles is 1. The maximum absolute atomic E-state index is 9.62. The van der Waals surface area contributed by atoms with E-state index in [1.807, 2.05) is 0 Å². The van der Waals surface area contributed by atoms with E-state index in [9.17, 15) is 5.26 Å². The fraction of sp³-hybridized carbons (Fsp3) is 0.938. The third-order valence-corrected chi connectivity index (χ3v) is 5.02. The molecule has 0 amide bonds. The van der Waals surface area contributed by atoms with E-state index in [2.05, 4.69) is 30.1 Å². The van der Waals surface area contributed by atoms with Gasteiger partial charge in [-0.15, -0.1) is 0 Å². The van der Waals surface area contributed by atoms with Crippen molar-refractivity contribution in [2.24, 2.45) is 0 Å². The molecule has 0 bridgehead atoms. The average Bonchev–Trinajstić information content (AvgIpc) is 2.94. The number of hydrogen-bond donors (Lipinski definition) is 1. The molecule has 0 radical (unpaired) electrons. The summed E-state index contributed by atoms with van der Waals surface area (Å²) in [6.07, 6.45) is 9.61. The van der Waals surface area contributed by atoms with Gasteiger partial charge >= 0.3 is 0 Å². The van der Waals surface area contributed by atoms with E-state index in [1.54, 1.807) is 0 Å². The minimum Gasteiger partial charge on any atom is -0.299 e. The van der Waals surface area contributed by atoms with E-state index >= 15 is 0 Å². The number of likely N-dealkylation sites (tertiary alicyclic amines) is 1. The van der Waals surface area contributed by atoms with Crippen LogP contribution in [-0.2, 0) is 0 Å². The molecule has 0 spiro atoms. The van der Waals surface area contributed by atoms with Crippen molar-refractivity contribution in [2.75, 3.05) is 13.1 Å². The summed E-state index contributed by atoms with van der Waals surface area (Å²) in [7, 11) is 0. The molecule has 3 nitrogen and oxygen atoms in total. The topological polar surface area (TPSA) is 39.1 Å². The van der Waals surface area contributed by atoms with Gasteiger partial charge in [0.2, 0.25) is 0 Å². The first-order valence-corrected chi connectivity index (χ1v) is 8.16. The van der Waals surface area contributed by atoms with Crippen molar-refractivity contribution in [3.05, 3.63) is 0 Å². The molecule has 0 aromatic rings. The van der Waals surface area contributed by atoms with Crippen LogP contribution in [-0.4, -0.2) is 35.6 Å². The molecule has 1 aliphatic carbocycles. The summed E-state index contributed by atoms with van der Waals surface area (Å²) in [6.45, 7) is 6.70. The van der Waals surface area contributed by atoms with Gasteiger partial charge in [0.25, 0.3) is 0 Å². The molecular weight excluding hydrogens is 234 g/mol. The highest BCUT2D eigenvalue weighted by atomic mass is 15.2. The van der Waals surface area contributed by atoms with Crippen molar-refractivity contribution in [1.82, 2.24) is 10.2 Å². The first kappa shape index (κ1) is 14.8. The van der Waals surface area contributed by atoms with Gasteiger partial charge in [0.1, 0.15) is 5.54 Å². The third kappa shape index (κ3) is 3.30. The summed E-state index contributed by atoms with van der Waals surface area (Å²) >= 11 is 0. The molecule has 3 heteroatoms. The van der Waals surface area contributed by atoms with E-state index in [0.717, 1.165) is 31.8 Å². The van der Waals surface area contributed by atoms with Gasteiger partial charge in [-0.2, -0.15) is 5.26 Å². The van der Waals surface area contributed by atoms with Crippen LogP contribution in [0.4, 0.5) is 0 Å². The Kier molecular flexibility index (Phi) is 5.24. The van der Waals surface area contributed by atoms with Crippen LogP contribution in [0.1, 0.15) is 65.2 Å². The van der Waals surface area contributed by atoms with E-state index < -0.39 is 0 Å². The first-order valence-electron chi connectivity index (χ1n) is 8.16. The molecule has 1 N–H and O–H groups in total. The van der Waals surface area contributed by atoms with E-state index in [0.29, 0.717) is 6.04 Å². The SMILES string of the molecule is CCCNC1(C#N)CCCC(N2CCCC2CC)C1. The molecule has 108 valence electrons. The highest BCUT2D eigenvalue weighted by Crippen LogP contribution is 2.35. The van der Waals surface area contributed by atoms with Crippen molar-refractivity contribution in [2.45, 2.75) is 82.8 Å². The second kappa shape index (κ2) is 6.72. The minimum absolute atomic E-state index is 0.250. The lowest BCUT2D eigenvalue weighted by Gasteiger charge is -2.42. The first-order chi connectivity index (χ1) is 9.24. The lowest BCUT2D eigenvalue weighted by Crippen LogP contribution is -2.53. The average molecular weight is 263 g/mol. The Morgan fingerprint density at radius 3 is 2.84 bits per heavy atom. The second-order valence-electron chi connectivity index (χ2n) is 6.31. The highest BCUT2D eigenvalue weighted by molar-refractivity contribution is 5.11. The molecule has 2 aliphatic rings. The predicted molar refractivity (Wildman–Crippen MR) is 78.9 cm³/mol. The van der Waals surface area contributed by atoms with Gasteiger partial charge in [0, 0.05) is 12.1 Å². The standard InChI is InChI=1S/C16H29N3/c1-3-10-18-16(13-17)9-5-7-15(12-16)19-11-6-8-14(19)4-2/h14-15,18H,3-12H2,1-2H3. The molecule has 3 atom stereocenters. The van der Waals surface area contributed by atoms with Crippen molar-refractivity contribution < 1.29 is 0 Å². The number of nitrogens with one attached hydrogen (secondary N) is 1. The van der Waals surface area contributed by atoms with Crippen LogP contribution in [0, 0.1) is 11.3 Å². The zero-order valence-electron chi connectivity index (χ0n) is 12.6. The van der Waals surface area contributed by atoms with Crippen molar-refractivity contribution >= 4 is 0 Å². The Balaban J connectivity index is 2.01. The van der Waals surface area contributed by atoms with Gasteiger partial charge in [0.15, 0.2) is 0 Å². The lowest BCUT2D eigenvalue weighted by atomic mass is 9.79. The third-order valence-electron chi connectivity index (χ3n) is 5.02. The van der Waals surface area contributed by atoms with Crippen LogP contribution in [0.25, 0.3) is 0 Å². The summed E-state index contributed by atoms with van der Waals surface area (Å²) in [6, 6.07) is 4.00. The van der Waals surface area contributed by atoms with E-state index in [-0.39, 0.29) is 5.54 Å². The van der Waals surface area contributed by atoms with Crippen molar-refractivity contribution in [1.29, 1.82) is 5.26 Å². The molecule has 19 heavy (non-hydrogen) atoms. The van der Waals surface area contributed by atoms with E-state index in [4.69, 9.17) is 0 Å². The number of hydrogen-bond acceptors (Lipinski definition) is 3. The van der Waals surface area contributed by atoms with Gasteiger partial charge in [-0.1, -0.05) is 13.8 Å². The fourth-order valence-electron chi connectivity index (χ4n) is 3.97. The van der Waals surface area contributed by atoms with Gasteiger partial charge in [-0.05, 0) is 64.5 Å². The molecular formula is C16H29N3. The summed E-state index contributed by atoms with van der Waals surface area (Å²) < 4.78 is 0. The zero-order chi connectivity index (χ0) is 13.7. The summed E-state index contributed by atoms with van der Waals surface area (Å²) in [5.74, 6) is 0. The number of nitrogens with zero attached hydrogens (tertiary/aromatic N) is 2. The second-order valence-corrected chi connectivity index (χ2v) is 6.31. The predicted octanol–water partition coefficient (Wildman–Crippen LogP) is 3.07. The molecule has 0 aromatic heterocycles. The Morgan fingerprint density at radius 2 is 2.16 bits per heavy atom. The molecule has 1 aliphatic heterocycles. The van der Waals surface area contributed by atoms with Crippen LogP contribution in [0.15, 0.2) is 0 Å². The summed E-state index contributed by atoms with van der Waals surface area (Å²) in [5, 5.41) is 13.2. The Bertz CT molecular complexity index is 322. The Hall–Kier alpha value is -0.590. The monoisotopic (exact) mass is 263 g/mol. The highest BCUT2D eigenvalue weighted by Gasteiger charge is 2.40. The normalized spacial score (nSPS) is 36.3. The van der Waals surface area contributed by atoms with Crippen LogP contribution in [0.3, 0.4) is 0 Å². The Morgan fingerprint density at radius 1 is 1.32 bits per heavy atom. The smallest absolute Gasteiger partial charge is 0.108 e. The van der Waals surface area contributed by atoms with Crippen LogP contribution in [0.2, 0.25) is 0 Å². The maximum Gasteiger partial charge on any atom is 0.108 e. The molecule has 2 rings (SSSR count). The molecule has 3 unspecified atom stereocenters. The number of rotatable bonds is 5. The Labute approximate surface area is 118 Å². The van der Waals surface area contributed by atoms with E-state index in [1.165, 1.54) is 38.6 Å². The van der Waals surface area contributed by atoms with Gasteiger partial charge < -0.3 is 0 Å². The van der Waals surface area contributed by atoms with Gasteiger partial charge in [0.05, 0.1) is 6.07 Å². The van der Waals surface area contributed by atoms with Crippen LogP contribution >= 0.6 is 0 Å². The summed E-state index contributed by atoms with van der Waals surface area (Å²) in [4.78, 5) is 2.71. The van der Waals surface area contributed by atoms with Crippen molar-refractivity contribution in [3.63, 3.8) is 0 Å². The van der Waals surface area contributed by atoms with Gasteiger partial charge in [-0.25, -0.2) is 0 Å². The molecule has 1 saturated carbocycles. The summed E-state index contributed by atoms with van der Waals surface area (Å²) in [5.41, 5.74) is -0.250. The quantitative estimate of drug-likeness (QED) is 0.828. The van der Waals surface area contributed by atoms with Crippen LogP contribution < -0.4 is 5.32 Å². The minimum atomic E-state index is -0.250. The maximum atomic E-state index is 9.62. The van der Waals surface area contributed by atoms with Gasteiger partial charge in [-0.3, -0.25) is 10.2 Å². The fourth-order valence-corrected chi connectivity index (χ4v) is 3.97. The molecule has 1 saturated heterocycles. The molecule has 2 fully saturated rings. The zero-order valence-corrected chi connectivity index (χ0v) is 12.6.